The van der Waals surface area contributed by atoms with E-state index in [1.54, 1.807) is 0 Å². The molecule has 0 amide bonds. The standard InChI is InChI=1S/4CHO.Rh.H/c4*1-2;;/h4*1H;;. The van der Waals surface area contributed by atoms with Crippen molar-refractivity contribution in [2.24, 2.45) is 0 Å². The molecule has 0 N–H and O–H groups in total. The Kier molecular flexibility index (Phi) is 3.09. The van der Waals surface area contributed by atoms with E-state index in [9.17, 15) is 19.2 Å². The van der Waals surface area contributed by atoms with Gasteiger partial charge in [-0.15, -0.1) is 0 Å². The molecule has 0 unspecified atom stereocenters. The van der Waals surface area contributed by atoms with Crippen LogP contribution >= 0.6 is 0 Å². The van der Waals surface area contributed by atoms with E-state index in [0.717, 1.165) is 0 Å². The average Bonchev–Trinajstić information content (AvgIpc) is 1.95. The first kappa shape index (κ1) is 8.30. The van der Waals surface area contributed by atoms with Crippen LogP contribution in [-0.4, -0.2) is 19.5 Å². The van der Waals surface area contributed by atoms with Crippen LogP contribution in [0.3, 0.4) is 0 Å². The Hall–Kier alpha value is -0.697. The molecule has 5 heteroatoms. The minimum atomic E-state index is -3.72. The van der Waals surface area contributed by atoms with Gasteiger partial charge in [-0.25, -0.2) is 0 Å². The van der Waals surface area contributed by atoms with Gasteiger partial charge in [0.2, 0.25) is 0 Å². The molecule has 0 rings (SSSR count). The third kappa shape index (κ3) is 1.61. The summed E-state index contributed by atoms with van der Waals surface area (Å²) in [6.45, 7) is 0. The Labute approximate surface area is 54.0 Å². The van der Waals surface area contributed by atoms with Gasteiger partial charge in [-0.2, -0.15) is 0 Å². The van der Waals surface area contributed by atoms with E-state index in [4.69, 9.17) is 0 Å². The number of carbonyl (C=O) groups is 4. The molecule has 0 heterocycles. The molecular weight excluding hydrogens is 215 g/mol. The van der Waals surface area contributed by atoms with Crippen LogP contribution in [0.1, 0.15) is 0 Å². The van der Waals surface area contributed by atoms with Crippen molar-refractivity contribution in [3.05, 3.63) is 0 Å². The van der Waals surface area contributed by atoms with Crippen LogP contribution in [0.25, 0.3) is 0 Å². The van der Waals surface area contributed by atoms with E-state index in [0.29, 0.717) is 0 Å². The minimum absolute atomic E-state index is 0.170. The molecule has 54 valence electrons. The molecule has 0 aliphatic rings. The molecular formula is C4H5O4Rh. The molecule has 0 radical (unpaired) electrons. The number of rotatable bonds is 4. The van der Waals surface area contributed by atoms with Crippen molar-refractivity contribution >= 4 is 19.5 Å². The van der Waals surface area contributed by atoms with Gasteiger partial charge in [-0.05, 0) is 0 Å². The second-order valence-electron chi connectivity index (χ2n) is 1.04. The van der Waals surface area contributed by atoms with E-state index in [-0.39, 0.29) is 19.5 Å². The number of hydrogen-bond donors (Lipinski definition) is 0. The molecule has 0 aliphatic carbocycles. The predicted octanol–water partition coefficient (Wildman–Crippen LogP) is -1.37. The topological polar surface area (TPSA) is 68.3 Å². The van der Waals surface area contributed by atoms with Crippen LogP contribution in [0.15, 0.2) is 0 Å². The number of carbonyl (C=O) groups excluding carboxylic acids is 4. The van der Waals surface area contributed by atoms with Crippen molar-refractivity contribution in [1.82, 2.24) is 0 Å². The monoisotopic (exact) mass is 220 g/mol. The Morgan fingerprint density at radius 1 is 0.667 bits per heavy atom. The third-order valence-electron chi connectivity index (χ3n) is 0.577. The molecule has 4 nitrogen and oxygen atoms in total. The summed E-state index contributed by atoms with van der Waals surface area (Å²) < 4.78 is 0. The van der Waals surface area contributed by atoms with E-state index in [1.165, 1.54) is 0 Å². The van der Waals surface area contributed by atoms with E-state index >= 15 is 0 Å². The van der Waals surface area contributed by atoms with Gasteiger partial charge >= 0.3 is 53.5 Å². The van der Waals surface area contributed by atoms with Crippen molar-refractivity contribution in [2.45, 2.75) is 0 Å². The van der Waals surface area contributed by atoms with Gasteiger partial charge in [-0.3, -0.25) is 0 Å². The van der Waals surface area contributed by atoms with Gasteiger partial charge in [0.15, 0.2) is 0 Å². The maximum absolute atomic E-state index is 9.90. The first-order chi connectivity index (χ1) is 4.24. The van der Waals surface area contributed by atoms with E-state index in [1.807, 2.05) is 0 Å². The maximum atomic E-state index is 9.90. The Morgan fingerprint density at radius 2 is 0.889 bits per heavy atom. The van der Waals surface area contributed by atoms with Crippen LogP contribution in [-0.2, 0) is 34.0 Å². The number of hydrogen-bond acceptors (Lipinski definition) is 4. The molecule has 0 aromatic heterocycles. The molecule has 0 saturated heterocycles. The molecule has 0 aromatic carbocycles. The van der Waals surface area contributed by atoms with Crippen LogP contribution in [0.4, 0.5) is 0 Å². The van der Waals surface area contributed by atoms with Gasteiger partial charge in [0.1, 0.15) is 0 Å². The summed E-state index contributed by atoms with van der Waals surface area (Å²) in [5, 5.41) is 0. The van der Waals surface area contributed by atoms with Gasteiger partial charge in [0.25, 0.3) is 0 Å². The fourth-order valence-corrected chi connectivity index (χ4v) is 0.697. The van der Waals surface area contributed by atoms with Gasteiger partial charge in [-0.1, -0.05) is 0 Å². The Balaban J connectivity index is 4.53. The summed E-state index contributed by atoms with van der Waals surface area (Å²) in [6, 6.07) is 0. The summed E-state index contributed by atoms with van der Waals surface area (Å²) in [5.41, 5.74) is 0. The molecule has 0 fully saturated rings. The summed E-state index contributed by atoms with van der Waals surface area (Å²) in [6.07, 6.45) is 0. The third-order valence-corrected chi connectivity index (χ3v) is 3.42. The van der Waals surface area contributed by atoms with E-state index in [2.05, 4.69) is 0 Å². The first-order valence-corrected chi connectivity index (χ1v) is 5.77. The summed E-state index contributed by atoms with van der Waals surface area (Å²) >= 11 is -3.72. The fraction of sp³-hybridized carbons (Fsp3) is 0. The average molecular weight is 220 g/mol. The molecule has 0 aliphatic heterocycles. The second-order valence-corrected chi connectivity index (χ2v) is 6.16. The second kappa shape index (κ2) is 3.35. The van der Waals surface area contributed by atoms with Crippen molar-refractivity contribution in [2.75, 3.05) is 0 Å². The molecule has 0 saturated carbocycles. The summed E-state index contributed by atoms with van der Waals surface area (Å²) in [7, 11) is 0. The van der Waals surface area contributed by atoms with Crippen LogP contribution < -0.4 is 0 Å². The summed E-state index contributed by atoms with van der Waals surface area (Å²) in [5.74, 6) is 0. The molecule has 0 bridgehead atoms. The van der Waals surface area contributed by atoms with Gasteiger partial charge < -0.3 is 0 Å². The van der Waals surface area contributed by atoms with Crippen molar-refractivity contribution in [1.29, 1.82) is 0 Å². The quantitative estimate of drug-likeness (QED) is 0.433. The Morgan fingerprint density at radius 3 is 0.889 bits per heavy atom. The van der Waals surface area contributed by atoms with Crippen molar-refractivity contribution in [3.8, 4) is 0 Å². The molecule has 0 aromatic rings. The summed E-state index contributed by atoms with van der Waals surface area (Å²) in [4.78, 5) is 40.3. The normalized spacial score (nSPS) is 11.6. The van der Waals surface area contributed by atoms with Crippen molar-refractivity contribution in [3.63, 3.8) is 0 Å². The van der Waals surface area contributed by atoms with Crippen LogP contribution in [0.5, 0.6) is 0 Å². The predicted molar refractivity (Wildman–Crippen MR) is 28.4 cm³/mol. The Bertz CT molecular complexity index is 115. The zero-order valence-corrected chi connectivity index (χ0v) is 6.03. The van der Waals surface area contributed by atoms with Gasteiger partial charge in [0, 0.05) is 0 Å². The van der Waals surface area contributed by atoms with E-state index < -0.39 is 14.8 Å². The molecule has 9 heavy (non-hydrogen) atoms. The van der Waals surface area contributed by atoms with Crippen LogP contribution in [0, 0.1) is 0 Å². The zero-order valence-electron chi connectivity index (χ0n) is 4.30. The SMILES string of the molecule is O=[CH][RhH]([CH]=O)([CH]=O)[CH]=O. The van der Waals surface area contributed by atoms with Gasteiger partial charge in [0.05, 0.1) is 0 Å². The van der Waals surface area contributed by atoms with Crippen molar-refractivity contribution < 1.29 is 34.0 Å². The zero-order chi connectivity index (χ0) is 7.33. The molecule has 0 atom stereocenters. The van der Waals surface area contributed by atoms with Crippen LogP contribution in [0.2, 0.25) is 0 Å². The fourth-order valence-electron chi connectivity index (χ4n) is 0.118. The first-order valence-electron chi connectivity index (χ1n) is 1.76. The molecule has 0 spiro atoms.